The van der Waals surface area contributed by atoms with Crippen LogP contribution in [0.25, 0.3) is 0 Å². The molecule has 0 radical (unpaired) electrons. The fraction of sp³-hybridized carbons (Fsp3) is 0.267. The van der Waals surface area contributed by atoms with Gasteiger partial charge in [0.25, 0.3) is 5.91 Å². The molecular weight excluding hydrogens is 270 g/mol. The number of carbonyl (C=O) groups excluding carboxylic acids is 1. The highest BCUT2D eigenvalue weighted by atomic mass is 32.1. The highest BCUT2D eigenvalue weighted by Gasteiger charge is 2.29. The second-order valence-corrected chi connectivity index (χ2v) is 6.07. The van der Waals surface area contributed by atoms with E-state index >= 15 is 0 Å². The van der Waals surface area contributed by atoms with Gasteiger partial charge in [-0.15, -0.1) is 11.3 Å². The van der Waals surface area contributed by atoms with Crippen LogP contribution in [0, 0.1) is 0 Å². The lowest BCUT2D eigenvalue weighted by Crippen LogP contribution is -2.38. The Morgan fingerprint density at radius 2 is 2.15 bits per heavy atom. The molecule has 0 spiro atoms. The van der Waals surface area contributed by atoms with Gasteiger partial charge in [0.2, 0.25) is 0 Å². The minimum atomic E-state index is -0.0214. The number of amides is 1. The zero-order valence-electron chi connectivity index (χ0n) is 11.3. The van der Waals surface area contributed by atoms with E-state index in [0.717, 1.165) is 13.0 Å². The lowest BCUT2D eigenvalue weighted by atomic mass is 10.00. The maximum absolute atomic E-state index is 12.7. The third-order valence-corrected chi connectivity index (χ3v) is 4.84. The largest absolute Gasteiger partial charge is 0.399 e. The molecule has 1 aliphatic heterocycles. The van der Waals surface area contributed by atoms with Crippen molar-refractivity contribution in [1.82, 2.24) is 4.90 Å². The Labute approximate surface area is 122 Å². The summed E-state index contributed by atoms with van der Waals surface area (Å²) in [6.07, 6.45) is 0.915. The van der Waals surface area contributed by atoms with Crippen LogP contribution in [0.2, 0.25) is 0 Å². The summed E-state index contributed by atoms with van der Waals surface area (Å²) in [6, 6.07) is 7.26. The molecule has 0 aliphatic carbocycles. The fourth-order valence-electron chi connectivity index (χ4n) is 2.72. The van der Waals surface area contributed by atoms with Gasteiger partial charge in [0.05, 0.1) is 11.6 Å². The van der Waals surface area contributed by atoms with E-state index in [-0.39, 0.29) is 11.9 Å². The van der Waals surface area contributed by atoms with Gasteiger partial charge in [0, 0.05) is 22.8 Å². The molecule has 0 bridgehead atoms. The van der Waals surface area contributed by atoms with Crippen LogP contribution >= 0.6 is 11.3 Å². The van der Waals surface area contributed by atoms with E-state index in [4.69, 9.17) is 11.5 Å². The Morgan fingerprint density at radius 3 is 2.90 bits per heavy atom. The average Bonchev–Trinajstić information content (AvgIpc) is 2.87. The first-order valence-corrected chi connectivity index (χ1v) is 7.48. The molecular formula is C15H17N3OS. The van der Waals surface area contributed by atoms with Crippen LogP contribution in [0.15, 0.2) is 29.6 Å². The van der Waals surface area contributed by atoms with Crippen molar-refractivity contribution in [2.24, 2.45) is 0 Å². The number of thiophene rings is 1. The summed E-state index contributed by atoms with van der Waals surface area (Å²) < 4.78 is 0. The van der Waals surface area contributed by atoms with Crippen molar-refractivity contribution in [3.8, 4) is 0 Å². The van der Waals surface area contributed by atoms with Gasteiger partial charge in [-0.05, 0) is 48.6 Å². The lowest BCUT2D eigenvalue weighted by molar-refractivity contribution is 0.0680. The third-order valence-electron chi connectivity index (χ3n) is 3.84. The summed E-state index contributed by atoms with van der Waals surface area (Å²) in [5.74, 6) is -0.0214. The number of anilines is 2. The molecule has 1 aromatic heterocycles. The summed E-state index contributed by atoms with van der Waals surface area (Å²) in [6.45, 7) is 2.80. The number of nitrogen functional groups attached to an aromatic ring is 2. The molecule has 4 N–H and O–H groups in total. The summed E-state index contributed by atoms with van der Waals surface area (Å²) >= 11 is 1.76. The van der Waals surface area contributed by atoms with Crippen LogP contribution in [0.1, 0.15) is 33.8 Å². The molecule has 1 aromatic carbocycles. The van der Waals surface area contributed by atoms with Crippen molar-refractivity contribution >= 4 is 28.6 Å². The molecule has 0 saturated carbocycles. The molecule has 0 saturated heterocycles. The monoisotopic (exact) mass is 287 g/mol. The van der Waals surface area contributed by atoms with Crippen molar-refractivity contribution in [3.63, 3.8) is 0 Å². The lowest BCUT2D eigenvalue weighted by Gasteiger charge is -2.34. The first-order chi connectivity index (χ1) is 9.58. The number of benzene rings is 1. The maximum atomic E-state index is 12.7. The average molecular weight is 287 g/mol. The van der Waals surface area contributed by atoms with Gasteiger partial charge in [-0.1, -0.05) is 0 Å². The fourth-order valence-corrected chi connectivity index (χ4v) is 3.68. The standard InChI is InChI=1S/C15H17N3OS/c1-9-11-5-7-20-14(11)4-6-18(9)15(19)12-3-2-10(16)8-13(12)17/h2-3,5,7-9H,4,6,16-17H2,1H3. The van der Waals surface area contributed by atoms with E-state index in [2.05, 4.69) is 18.4 Å². The van der Waals surface area contributed by atoms with E-state index in [0.29, 0.717) is 16.9 Å². The smallest absolute Gasteiger partial charge is 0.256 e. The predicted octanol–water partition coefficient (Wildman–Crippen LogP) is 2.67. The van der Waals surface area contributed by atoms with E-state index in [1.807, 2.05) is 4.90 Å². The Bertz CT molecular complexity index is 665. The minimum absolute atomic E-state index is 0.0214. The molecule has 0 fully saturated rings. The zero-order valence-corrected chi connectivity index (χ0v) is 12.1. The van der Waals surface area contributed by atoms with Crippen molar-refractivity contribution in [3.05, 3.63) is 45.6 Å². The second kappa shape index (κ2) is 4.83. The summed E-state index contributed by atoms with van der Waals surface area (Å²) in [4.78, 5) is 15.9. The maximum Gasteiger partial charge on any atom is 0.256 e. The minimum Gasteiger partial charge on any atom is -0.399 e. The Balaban J connectivity index is 1.92. The molecule has 5 heteroatoms. The van der Waals surface area contributed by atoms with Crippen molar-refractivity contribution in [2.45, 2.75) is 19.4 Å². The van der Waals surface area contributed by atoms with E-state index in [9.17, 15) is 4.79 Å². The van der Waals surface area contributed by atoms with Crippen LogP contribution in [0.4, 0.5) is 11.4 Å². The number of carbonyl (C=O) groups is 1. The molecule has 20 heavy (non-hydrogen) atoms. The third kappa shape index (κ3) is 2.04. The van der Waals surface area contributed by atoms with Crippen LogP contribution in [0.3, 0.4) is 0 Å². The highest BCUT2D eigenvalue weighted by Crippen LogP contribution is 2.34. The van der Waals surface area contributed by atoms with Crippen LogP contribution in [0.5, 0.6) is 0 Å². The predicted molar refractivity (Wildman–Crippen MR) is 82.7 cm³/mol. The summed E-state index contributed by atoms with van der Waals surface area (Å²) in [7, 11) is 0. The van der Waals surface area contributed by atoms with Crippen molar-refractivity contribution in [1.29, 1.82) is 0 Å². The van der Waals surface area contributed by atoms with E-state index < -0.39 is 0 Å². The molecule has 2 aromatic rings. The number of fused-ring (bicyclic) bond motifs is 1. The molecule has 3 rings (SSSR count). The van der Waals surface area contributed by atoms with E-state index in [1.165, 1.54) is 10.4 Å². The Morgan fingerprint density at radius 1 is 1.35 bits per heavy atom. The normalized spacial score (nSPS) is 17.9. The van der Waals surface area contributed by atoms with Gasteiger partial charge in [0.1, 0.15) is 0 Å². The number of hydrogen-bond donors (Lipinski definition) is 2. The van der Waals surface area contributed by atoms with Gasteiger partial charge >= 0.3 is 0 Å². The Kier molecular flexibility index (Phi) is 3.14. The van der Waals surface area contributed by atoms with Gasteiger partial charge in [-0.25, -0.2) is 0 Å². The number of rotatable bonds is 1. The summed E-state index contributed by atoms with van der Waals surface area (Å²) in [5, 5.41) is 2.09. The molecule has 1 amide bonds. The second-order valence-electron chi connectivity index (χ2n) is 5.07. The number of nitrogens with zero attached hydrogens (tertiary/aromatic N) is 1. The first-order valence-electron chi connectivity index (χ1n) is 6.60. The van der Waals surface area contributed by atoms with Gasteiger partial charge in [-0.3, -0.25) is 4.79 Å². The molecule has 1 atom stereocenters. The first kappa shape index (κ1) is 13.0. The summed E-state index contributed by atoms with van der Waals surface area (Å²) in [5.41, 5.74) is 14.4. The van der Waals surface area contributed by atoms with Gasteiger partial charge < -0.3 is 16.4 Å². The SMILES string of the molecule is CC1c2ccsc2CCN1C(=O)c1ccc(N)cc1N. The molecule has 4 nitrogen and oxygen atoms in total. The van der Waals surface area contributed by atoms with Crippen molar-refractivity contribution < 1.29 is 4.79 Å². The van der Waals surface area contributed by atoms with Gasteiger partial charge in [-0.2, -0.15) is 0 Å². The number of hydrogen-bond acceptors (Lipinski definition) is 4. The van der Waals surface area contributed by atoms with Crippen LogP contribution in [-0.2, 0) is 6.42 Å². The quantitative estimate of drug-likeness (QED) is 0.792. The highest BCUT2D eigenvalue weighted by molar-refractivity contribution is 7.10. The topological polar surface area (TPSA) is 72.3 Å². The molecule has 1 unspecified atom stereocenters. The Hall–Kier alpha value is -2.01. The van der Waals surface area contributed by atoms with Crippen LogP contribution in [-0.4, -0.2) is 17.4 Å². The van der Waals surface area contributed by atoms with E-state index in [1.54, 1.807) is 29.5 Å². The number of nitrogens with two attached hydrogens (primary N) is 2. The molecule has 2 heterocycles. The van der Waals surface area contributed by atoms with Crippen LogP contribution < -0.4 is 11.5 Å². The van der Waals surface area contributed by atoms with Gasteiger partial charge in [0.15, 0.2) is 0 Å². The van der Waals surface area contributed by atoms with Crippen molar-refractivity contribution in [2.75, 3.05) is 18.0 Å². The molecule has 104 valence electrons. The zero-order chi connectivity index (χ0) is 14.3. The molecule has 1 aliphatic rings.